The van der Waals surface area contributed by atoms with Gasteiger partial charge in [-0.1, -0.05) is 31.4 Å². The van der Waals surface area contributed by atoms with Crippen molar-refractivity contribution in [2.75, 3.05) is 27.2 Å². The van der Waals surface area contributed by atoms with E-state index in [0.29, 0.717) is 0 Å². The molecule has 0 N–H and O–H groups in total. The number of ether oxygens (including phenoxy) is 1. The molecular weight excluding hydrogens is 296 g/mol. The predicted molar refractivity (Wildman–Crippen MR) is 104 cm³/mol. The van der Waals surface area contributed by atoms with Crippen LogP contribution in [0, 0.1) is 6.92 Å². The highest BCUT2D eigenvalue weighted by Gasteiger charge is 2.16. The Hall–Kier alpha value is -2.00. The summed E-state index contributed by atoms with van der Waals surface area (Å²) in [5, 5.41) is 0. The summed E-state index contributed by atoms with van der Waals surface area (Å²) in [6, 6.07) is 6.35. The van der Waals surface area contributed by atoms with Crippen molar-refractivity contribution in [2.24, 2.45) is 0 Å². The van der Waals surface area contributed by atoms with Crippen LogP contribution in [0.3, 0.4) is 0 Å². The summed E-state index contributed by atoms with van der Waals surface area (Å²) < 4.78 is 6.02. The van der Waals surface area contributed by atoms with Crippen molar-refractivity contribution in [1.29, 1.82) is 0 Å². The lowest BCUT2D eigenvalue weighted by molar-refractivity contribution is 0.161. The van der Waals surface area contributed by atoms with E-state index in [9.17, 15) is 0 Å². The average molecular weight is 329 g/mol. The van der Waals surface area contributed by atoms with Gasteiger partial charge in [-0.25, -0.2) is 0 Å². The maximum atomic E-state index is 6.02. The van der Waals surface area contributed by atoms with Crippen molar-refractivity contribution in [3.05, 3.63) is 66.9 Å². The van der Waals surface area contributed by atoms with Crippen LogP contribution in [0.2, 0.25) is 0 Å². The van der Waals surface area contributed by atoms with E-state index in [0.717, 1.165) is 36.6 Å². The highest BCUT2D eigenvalue weighted by atomic mass is 16.5. The van der Waals surface area contributed by atoms with Crippen molar-refractivity contribution in [2.45, 2.75) is 32.9 Å². The molecule has 132 valence electrons. The minimum Gasteiger partial charge on any atom is -0.484 e. The van der Waals surface area contributed by atoms with E-state index in [1.54, 1.807) is 0 Å². The van der Waals surface area contributed by atoms with Crippen LogP contribution in [0.15, 0.2) is 55.8 Å². The molecule has 0 spiro atoms. The van der Waals surface area contributed by atoms with Gasteiger partial charge < -0.3 is 9.64 Å². The molecule has 0 heterocycles. The second-order valence-corrected chi connectivity index (χ2v) is 6.93. The first-order chi connectivity index (χ1) is 11.2. The van der Waals surface area contributed by atoms with Crippen LogP contribution >= 0.6 is 0 Å². The maximum Gasteiger partial charge on any atom is 0.123 e. The maximum absolute atomic E-state index is 6.02. The molecule has 3 heteroatoms. The first-order valence-electron chi connectivity index (χ1n) is 8.29. The summed E-state index contributed by atoms with van der Waals surface area (Å²) in [6.07, 6.45) is 3.75. The van der Waals surface area contributed by atoms with Crippen LogP contribution in [0.5, 0.6) is 5.75 Å². The monoisotopic (exact) mass is 328 g/mol. The number of aryl methyl sites for hydroxylation is 1. The third-order valence-corrected chi connectivity index (χ3v) is 3.94. The molecule has 0 bridgehead atoms. The lowest BCUT2D eigenvalue weighted by atomic mass is 10.1. The van der Waals surface area contributed by atoms with E-state index >= 15 is 0 Å². The third-order valence-electron chi connectivity index (χ3n) is 3.94. The van der Waals surface area contributed by atoms with Gasteiger partial charge in [0.1, 0.15) is 11.4 Å². The summed E-state index contributed by atoms with van der Waals surface area (Å²) in [5.74, 6) is 0.900. The van der Waals surface area contributed by atoms with Crippen molar-refractivity contribution in [3.63, 3.8) is 0 Å². The number of hydrogen-bond acceptors (Lipinski definition) is 3. The van der Waals surface area contributed by atoms with Crippen molar-refractivity contribution in [1.82, 2.24) is 9.80 Å². The van der Waals surface area contributed by atoms with Gasteiger partial charge in [-0.05, 0) is 44.0 Å². The van der Waals surface area contributed by atoms with Gasteiger partial charge >= 0.3 is 0 Å². The van der Waals surface area contributed by atoms with Crippen molar-refractivity contribution in [3.8, 4) is 5.75 Å². The van der Waals surface area contributed by atoms with E-state index in [1.165, 1.54) is 5.56 Å². The molecule has 1 aromatic carbocycles. The van der Waals surface area contributed by atoms with Gasteiger partial charge in [-0.15, -0.1) is 6.58 Å². The van der Waals surface area contributed by atoms with Crippen LogP contribution in [-0.2, 0) is 6.54 Å². The first kappa shape index (κ1) is 20.0. The van der Waals surface area contributed by atoms with E-state index in [-0.39, 0.29) is 5.60 Å². The van der Waals surface area contributed by atoms with Crippen LogP contribution in [0.25, 0.3) is 0 Å². The standard InChI is InChI=1S/C21H32N2O/c1-9-13-23(15-18(4)22(7)8)16-19-11-12-20(17(3)14-19)24-21(5,6)10-2/h9-12,14H,1-2,4,13,15-16H2,3,5-8H3. The van der Waals surface area contributed by atoms with E-state index in [2.05, 4.69) is 48.6 Å². The van der Waals surface area contributed by atoms with Crippen LogP contribution in [0.4, 0.5) is 0 Å². The molecule has 0 saturated heterocycles. The van der Waals surface area contributed by atoms with Gasteiger partial charge in [0.15, 0.2) is 0 Å². The molecule has 1 aromatic rings. The SMILES string of the molecule is C=CCN(CC(=C)N(C)C)Cc1ccc(OC(C)(C)C=C)c(C)c1. The summed E-state index contributed by atoms with van der Waals surface area (Å²) in [4.78, 5) is 4.37. The number of hydrogen-bond donors (Lipinski definition) is 0. The first-order valence-corrected chi connectivity index (χ1v) is 8.29. The fraction of sp³-hybridized carbons (Fsp3) is 0.429. The molecule has 1 rings (SSSR count). The van der Waals surface area contributed by atoms with Gasteiger partial charge in [0.05, 0.1) is 0 Å². The smallest absolute Gasteiger partial charge is 0.123 e. The molecule has 0 aromatic heterocycles. The van der Waals surface area contributed by atoms with E-state index in [4.69, 9.17) is 4.74 Å². The van der Waals surface area contributed by atoms with Crippen molar-refractivity contribution < 1.29 is 4.74 Å². The fourth-order valence-corrected chi connectivity index (χ4v) is 2.27. The summed E-state index contributed by atoms with van der Waals surface area (Å²) in [6.45, 7) is 20.4. The number of likely N-dealkylation sites (N-methyl/N-ethyl adjacent to an activating group) is 1. The Labute approximate surface area is 147 Å². The van der Waals surface area contributed by atoms with Gasteiger partial charge in [-0.2, -0.15) is 0 Å². The molecule has 3 nitrogen and oxygen atoms in total. The highest BCUT2D eigenvalue weighted by Crippen LogP contribution is 2.25. The Kier molecular flexibility index (Phi) is 7.30. The lowest BCUT2D eigenvalue weighted by Crippen LogP contribution is -2.29. The molecule has 0 fully saturated rings. The Morgan fingerprint density at radius 2 is 1.92 bits per heavy atom. The Morgan fingerprint density at radius 1 is 1.25 bits per heavy atom. The molecule has 0 aliphatic rings. The Balaban J connectivity index is 2.85. The van der Waals surface area contributed by atoms with Crippen LogP contribution in [0.1, 0.15) is 25.0 Å². The van der Waals surface area contributed by atoms with Gasteiger partial charge in [0, 0.05) is 39.4 Å². The van der Waals surface area contributed by atoms with Gasteiger partial charge in [-0.3, -0.25) is 4.90 Å². The molecule has 0 aliphatic carbocycles. The molecule has 24 heavy (non-hydrogen) atoms. The molecule has 0 atom stereocenters. The second-order valence-electron chi connectivity index (χ2n) is 6.93. The zero-order valence-corrected chi connectivity index (χ0v) is 15.9. The molecule has 0 aliphatic heterocycles. The summed E-state index contributed by atoms with van der Waals surface area (Å²) in [7, 11) is 4.04. The minimum absolute atomic E-state index is 0.370. The van der Waals surface area contributed by atoms with Gasteiger partial charge in [0.25, 0.3) is 0 Å². The van der Waals surface area contributed by atoms with Crippen molar-refractivity contribution >= 4 is 0 Å². The Bertz CT molecular complexity index is 588. The number of benzene rings is 1. The Morgan fingerprint density at radius 3 is 2.42 bits per heavy atom. The zero-order chi connectivity index (χ0) is 18.3. The summed E-state index contributed by atoms with van der Waals surface area (Å²) >= 11 is 0. The third kappa shape index (κ3) is 6.25. The van der Waals surface area contributed by atoms with E-state index < -0.39 is 0 Å². The minimum atomic E-state index is -0.370. The molecule has 0 unspecified atom stereocenters. The number of nitrogens with zero attached hydrogens (tertiary/aromatic N) is 2. The molecular formula is C21H32N2O. The summed E-state index contributed by atoms with van der Waals surface area (Å²) in [5.41, 5.74) is 3.10. The topological polar surface area (TPSA) is 15.7 Å². The number of rotatable bonds is 10. The zero-order valence-electron chi connectivity index (χ0n) is 15.9. The van der Waals surface area contributed by atoms with Crippen LogP contribution < -0.4 is 4.74 Å². The largest absolute Gasteiger partial charge is 0.484 e. The predicted octanol–water partition coefficient (Wildman–Crippen LogP) is 4.40. The normalized spacial score (nSPS) is 11.2. The quantitative estimate of drug-likeness (QED) is 0.592. The lowest BCUT2D eigenvalue weighted by Gasteiger charge is -2.26. The van der Waals surface area contributed by atoms with Gasteiger partial charge in [0.2, 0.25) is 0 Å². The van der Waals surface area contributed by atoms with E-state index in [1.807, 2.05) is 46.2 Å². The molecule has 0 saturated carbocycles. The molecule has 0 amide bonds. The second kappa shape index (κ2) is 8.74. The molecule has 0 radical (unpaired) electrons. The average Bonchev–Trinajstić information content (AvgIpc) is 2.50. The highest BCUT2D eigenvalue weighted by molar-refractivity contribution is 5.37. The fourth-order valence-electron chi connectivity index (χ4n) is 2.27. The van der Waals surface area contributed by atoms with Crippen LogP contribution in [-0.4, -0.2) is 42.6 Å².